The van der Waals surface area contributed by atoms with Crippen molar-refractivity contribution in [1.82, 2.24) is 10.7 Å². The Bertz CT molecular complexity index is 960. The van der Waals surface area contributed by atoms with Crippen molar-refractivity contribution in [3.8, 4) is 5.75 Å². The molecule has 0 aliphatic carbocycles. The highest BCUT2D eigenvalue weighted by Gasteiger charge is 2.27. The maximum atomic E-state index is 12.5. The van der Waals surface area contributed by atoms with Gasteiger partial charge in [0.1, 0.15) is 0 Å². The topological polar surface area (TPSA) is 123 Å². The van der Waals surface area contributed by atoms with Crippen molar-refractivity contribution in [2.75, 3.05) is 7.05 Å². The predicted octanol–water partition coefficient (Wildman–Crippen LogP) is 1.79. The third kappa shape index (κ3) is 4.74. The molecule has 11 heteroatoms. The number of rotatable bonds is 6. The number of thiocarbonyl (C=S) groups is 1. The summed E-state index contributed by atoms with van der Waals surface area (Å²) in [5, 5.41) is 17.8. The Morgan fingerprint density at radius 2 is 1.88 bits per heavy atom. The summed E-state index contributed by atoms with van der Waals surface area (Å²) in [7, 11) is -2.81. The van der Waals surface area contributed by atoms with Crippen LogP contribution in [0.25, 0.3) is 0 Å². The zero-order chi connectivity index (χ0) is 19.2. The highest BCUT2D eigenvalue weighted by molar-refractivity contribution is 7.87. The van der Waals surface area contributed by atoms with Crippen LogP contribution in [0.15, 0.2) is 58.5 Å². The lowest BCUT2D eigenvalue weighted by Gasteiger charge is -2.09. The van der Waals surface area contributed by atoms with E-state index in [1.807, 2.05) is 0 Å². The fraction of sp³-hybridized carbons (Fsp3) is 0.0667. The highest BCUT2D eigenvalue weighted by atomic mass is 32.2. The predicted molar refractivity (Wildman–Crippen MR) is 99.7 cm³/mol. The molecule has 0 radical (unpaired) electrons. The summed E-state index contributed by atoms with van der Waals surface area (Å²) >= 11 is 4.87. The van der Waals surface area contributed by atoms with Crippen LogP contribution in [0.3, 0.4) is 0 Å². The average Bonchev–Trinajstić information content (AvgIpc) is 2.62. The molecule has 2 aromatic rings. The summed E-state index contributed by atoms with van der Waals surface area (Å²) in [6.07, 6.45) is 1.31. The molecule has 0 unspecified atom stereocenters. The van der Waals surface area contributed by atoms with Crippen molar-refractivity contribution in [2.24, 2.45) is 5.10 Å². The second-order valence-electron chi connectivity index (χ2n) is 4.75. The Morgan fingerprint density at radius 3 is 2.58 bits per heavy atom. The summed E-state index contributed by atoms with van der Waals surface area (Å²) in [6, 6.07) is 11.1. The van der Waals surface area contributed by atoms with Gasteiger partial charge >= 0.3 is 10.1 Å². The normalized spacial score (nSPS) is 11.1. The summed E-state index contributed by atoms with van der Waals surface area (Å²) in [4.78, 5) is 9.74. The van der Waals surface area contributed by atoms with Crippen molar-refractivity contribution in [2.45, 2.75) is 4.90 Å². The average molecular weight is 394 g/mol. The van der Waals surface area contributed by atoms with Crippen molar-refractivity contribution in [3.05, 3.63) is 64.2 Å². The van der Waals surface area contributed by atoms with Crippen LogP contribution >= 0.6 is 12.2 Å². The highest BCUT2D eigenvalue weighted by Crippen LogP contribution is 2.27. The van der Waals surface area contributed by atoms with E-state index in [1.165, 1.54) is 24.4 Å². The Morgan fingerprint density at radius 1 is 1.23 bits per heavy atom. The van der Waals surface area contributed by atoms with E-state index in [0.717, 1.165) is 12.1 Å². The van der Waals surface area contributed by atoms with E-state index in [4.69, 9.17) is 16.4 Å². The number of nitrogens with one attached hydrogen (secondary N) is 2. The van der Waals surface area contributed by atoms with Crippen molar-refractivity contribution < 1.29 is 17.5 Å². The van der Waals surface area contributed by atoms with Gasteiger partial charge in [0.15, 0.2) is 15.8 Å². The molecule has 0 atom stereocenters. The van der Waals surface area contributed by atoms with Gasteiger partial charge in [-0.15, -0.1) is 0 Å². The first-order valence-corrected chi connectivity index (χ1v) is 8.94. The van der Waals surface area contributed by atoms with Gasteiger partial charge in [0, 0.05) is 18.7 Å². The number of hydrogen-bond donors (Lipinski definition) is 2. The number of hydrazone groups is 1. The molecule has 0 spiro atoms. The van der Waals surface area contributed by atoms with Crippen molar-refractivity contribution in [3.63, 3.8) is 0 Å². The molecule has 0 saturated heterocycles. The van der Waals surface area contributed by atoms with Crippen LogP contribution in [0, 0.1) is 10.1 Å². The van der Waals surface area contributed by atoms with Crippen molar-refractivity contribution >= 4 is 39.4 Å². The first-order valence-electron chi connectivity index (χ1n) is 7.13. The Balaban J connectivity index is 2.34. The Kier molecular flexibility index (Phi) is 6.20. The molecule has 2 rings (SSSR count). The van der Waals surface area contributed by atoms with Gasteiger partial charge in [0.2, 0.25) is 0 Å². The fourth-order valence-corrected chi connectivity index (χ4v) is 3.04. The SMILES string of the molecule is CNC(=S)N/N=C\c1ccccc1OS(=O)(=O)c1ccccc1[N+](=O)[O-]. The van der Waals surface area contributed by atoms with Crippen molar-refractivity contribution in [1.29, 1.82) is 0 Å². The molecular weight excluding hydrogens is 380 g/mol. The minimum atomic E-state index is -4.42. The van der Waals surface area contributed by atoms with E-state index in [2.05, 4.69) is 15.8 Å². The van der Waals surface area contributed by atoms with Crippen LogP contribution in [0.4, 0.5) is 5.69 Å². The second kappa shape index (κ2) is 8.36. The molecule has 2 N–H and O–H groups in total. The molecule has 2 aromatic carbocycles. The van der Waals surface area contributed by atoms with E-state index in [0.29, 0.717) is 5.56 Å². The standard InChI is InChI=1S/C15H14N4O5S2/c1-16-15(25)18-17-10-11-6-2-4-8-13(11)24-26(22,23)14-9-5-3-7-12(14)19(20)21/h2-10H,1H3,(H2,16,18,25)/b17-10-. The zero-order valence-corrected chi connectivity index (χ0v) is 15.1. The molecule has 0 aliphatic rings. The second-order valence-corrected chi connectivity index (χ2v) is 6.67. The maximum Gasteiger partial charge on any atom is 0.346 e. The molecule has 0 aliphatic heterocycles. The monoisotopic (exact) mass is 394 g/mol. The van der Waals surface area contributed by atoms with Gasteiger partial charge < -0.3 is 9.50 Å². The summed E-state index contributed by atoms with van der Waals surface area (Å²) in [5.41, 5.74) is 2.29. The molecular formula is C15H14N4O5S2. The maximum absolute atomic E-state index is 12.5. The van der Waals surface area contributed by atoms with Gasteiger partial charge in [-0.2, -0.15) is 13.5 Å². The number of para-hydroxylation sites is 2. The van der Waals surface area contributed by atoms with Gasteiger partial charge in [-0.3, -0.25) is 15.5 Å². The number of nitro benzene ring substituents is 1. The van der Waals surface area contributed by atoms with Crippen LogP contribution in [0.2, 0.25) is 0 Å². The van der Waals surface area contributed by atoms with E-state index < -0.39 is 25.6 Å². The summed E-state index contributed by atoms with van der Waals surface area (Å²) in [5.74, 6) is -0.0356. The molecule has 0 aromatic heterocycles. The van der Waals surface area contributed by atoms with Gasteiger partial charge in [-0.1, -0.05) is 24.3 Å². The Labute approximate surface area is 155 Å². The Hall–Kier alpha value is -3.05. The number of benzene rings is 2. The van der Waals surface area contributed by atoms with Crippen LogP contribution in [-0.4, -0.2) is 31.7 Å². The fourth-order valence-electron chi connectivity index (χ4n) is 1.86. The molecule has 0 saturated carbocycles. The first kappa shape index (κ1) is 19.3. The van der Waals surface area contributed by atoms with E-state index in [1.54, 1.807) is 25.2 Å². The number of nitrogens with zero attached hydrogens (tertiary/aromatic N) is 2. The lowest BCUT2D eigenvalue weighted by molar-refractivity contribution is -0.387. The minimum Gasteiger partial charge on any atom is -0.378 e. The molecule has 9 nitrogen and oxygen atoms in total. The van der Waals surface area contributed by atoms with Gasteiger partial charge in [-0.05, 0) is 30.4 Å². The quantitative estimate of drug-likeness (QED) is 0.250. The number of nitro groups is 1. The van der Waals surface area contributed by atoms with Crippen LogP contribution < -0.4 is 14.9 Å². The van der Waals surface area contributed by atoms with E-state index >= 15 is 0 Å². The zero-order valence-electron chi connectivity index (χ0n) is 13.4. The van der Waals surface area contributed by atoms with Gasteiger partial charge in [0.25, 0.3) is 5.69 Å². The smallest absolute Gasteiger partial charge is 0.346 e. The molecule has 136 valence electrons. The van der Waals surface area contributed by atoms with Crippen LogP contribution in [0.5, 0.6) is 5.75 Å². The van der Waals surface area contributed by atoms with Crippen LogP contribution in [-0.2, 0) is 10.1 Å². The van der Waals surface area contributed by atoms with E-state index in [9.17, 15) is 18.5 Å². The lowest BCUT2D eigenvalue weighted by Crippen LogP contribution is -2.28. The molecule has 0 amide bonds. The molecule has 0 fully saturated rings. The summed E-state index contributed by atoms with van der Waals surface area (Å²) < 4.78 is 30.1. The molecule has 26 heavy (non-hydrogen) atoms. The molecule has 0 bridgehead atoms. The molecule has 0 heterocycles. The van der Waals surface area contributed by atoms with Gasteiger partial charge in [-0.25, -0.2) is 0 Å². The first-order chi connectivity index (χ1) is 12.3. The lowest BCUT2D eigenvalue weighted by atomic mass is 10.2. The summed E-state index contributed by atoms with van der Waals surface area (Å²) in [6.45, 7) is 0. The van der Waals surface area contributed by atoms with Gasteiger partial charge in [0.05, 0.1) is 11.1 Å². The third-order valence-electron chi connectivity index (χ3n) is 3.05. The number of hydrogen-bond acceptors (Lipinski definition) is 7. The van der Waals surface area contributed by atoms with E-state index in [-0.39, 0.29) is 10.9 Å². The largest absolute Gasteiger partial charge is 0.378 e. The minimum absolute atomic E-state index is 0.0356. The third-order valence-corrected chi connectivity index (χ3v) is 4.62. The van der Waals surface area contributed by atoms with Crippen LogP contribution in [0.1, 0.15) is 5.56 Å².